The van der Waals surface area contributed by atoms with Crippen molar-refractivity contribution in [2.45, 2.75) is 18.2 Å². The molecule has 1 aliphatic heterocycles. The quantitative estimate of drug-likeness (QED) is 0.721. The molecule has 0 spiro atoms. The Morgan fingerprint density at radius 2 is 1.83 bits per heavy atom. The van der Waals surface area contributed by atoms with Gasteiger partial charge in [0.1, 0.15) is 11.5 Å². The second-order valence-electron chi connectivity index (χ2n) is 6.86. The van der Waals surface area contributed by atoms with Gasteiger partial charge in [-0.15, -0.1) is 0 Å². The molecule has 0 aliphatic carbocycles. The van der Waals surface area contributed by atoms with E-state index in [0.717, 1.165) is 0 Å². The fraction of sp³-hybridized carbons (Fsp3) is 0.333. The van der Waals surface area contributed by atoms with Crippen LogP contribution in [0.15, 0.2) is 47.4 Å². The van der Waals surface area contributed by atoms with E-state index in [1.165, 1.54) is 31.3 Å². The first-order valence-electron chi connectivity index (χ1n) is 9.45. The van der Waals surface area contributed by atoms with Crippen molar-refractivity contribution >= 4 is 33.0 Å². The van der Waals surface area contributed by atoms with Crippen LogP contribution < -0.4 is 19.7 Å². The number of hydrogen-bond acceptors (Lipinski definition) is 6. The number of anilines is 2. The molecule has 1 fully saturated rings. The van der Waals surface area contributed by atoms with E-state index in [1.807, 2.05) is 0 Å². The number of amides is 2. The number of sulfone groups is 1. The van der Waals surface area contributed by atoms with E-state index in [0.29, 0.717) is 22.9 Å². The summed E-state index contributed by atoms with van der Waals surface area (Å²) in [5.41, 5.74) is 1.02. The summed E-state index contributed by atoms with van der Waals surface area (Å²) in [7, 11) is -0.258. The zero-order valence-electron chi connectivity index (χ0n) is 17.0. The standard InChI is InChI=1S/C21H24N2O6S/c1-4-30(26,27)17-8-5-15(6-9-17)22-21(25)14-11-20(24)23(13-14)18-12-16(28-2)7-10-19(18)29-3/h5-10,12,14H,4,11,13H2,1-3H3,(H,22,25). The molecule has 1 atom stereocenters. The SMILES string of the molecule is CCS(=O)(=O)c1ccc(NC(=O)C2CC(=O)N(c3cc(OC)ccc3OC)C2)cc1. The van der Waals surface area contributed by atoms with E-state index in [1.54, 1.807) is 37.3 Å². The van der Waals surface area contributed by atoms with E-state index in [4.69, 9.17) is 9.47 Å². The van der Waals surface area contributed by atoms with Crippen LogP contribution in [0, 0.1) is 5.92 Å². The fourth-order valence-electron chi connectivity index (χ4n) is 3.28. The number of nitrogens with one attached hydrogen (secondary N) is 1. The van der Waals surface area contributed by atoms with Crippen LogP contribution in [-0.4, -0.2) is 46.7 Å². The molecule has 0 radical (unpaired) electrons. The number of nitrogens with zero attached hydrogens (tertiary/aromatic N) is 1. The Bertz CT molecular complexity index is 1050. The maximum absolute atomic E-state index is 12.7. The van der Waals surface area contributed by atoms with Gasteiger partial charge in [0, 0.05) is 24.7 Å². The second-order valence-corrected chi connectivity index (χ2v) is 9.14. The Labute approximate surface area is 175 Å². The largest absolute Gasteiger partial charge is 0.497 e. The van der Waals surface area contributed by atoms with Gasteiger partial charge in [0.2, 0.25) is 11.8 Å². The van der Waals surface area contributed by atoms with Gasteiger partial charge in [0.25, 0.3) is 0 Å². The highest BCUT2D eigenvalue weighted by atomic mass is 32.2. The van der Waals surface area contributed by atoms with Crippen molar-refractivity contribution in [3.8, 4) is 11.5 Å². The van der Waals surface area contributed by atoms with Gasteiger partial charge >= 0.3 is 0 Å². The highest BCUT2D eigenvalue weighted by molar-refractivity contribution is 7.91. The van der Waals surface area contributed by atoms with Gasteiger partial charge < -0.3 is 19.7 Å². The summed E-state index contributed by atoms with van der Waals surface area (Å²) in [6, 6.07) is 11.1. The Balaban J connectivity index is 1.73. The molecule has 8 nitrogen and oxygen atoms in total. The molecule has 1 heterocycles. The maximum Gasteiger partial charge on any atom is 0.229 e. The van der Waals surface area contributed by atoms with Crippen LogP contribution in [0.5, 0.6) is 11.5 Å². The van der Waals surface area contributed by atoms with Crippen LogP contribution in [0.4, 0.5) is 11.4 Å². The molecule has 2 aromatic carbocycles. The maximum atomic E-state index is 12.7. The number of ether oxygens (including phenoxy) is 2. The first kappa shape index (κ1) is 21.6. The molecule has 3 rings (SSSR count). The molecule has 0 bridgehead atoms. The van der Waals surface area contributed by atoms with E-state index < -0.39 is 15.8 Å². The number of rotatable bonds is 7. The summed E-state index contributed by atoms with van der Waals surface area (Å²) in [6.07, 6.45) is 0.0640. The lowest BCUT2D eigenvalue weighted by atomic mass is 10.1. The van der Waals surface area contributed by atoms with Crippen LogP contribution in [0.3, 0.4) is 0 Å². The first-order chi connectivity index (χ1) is 14.3. The third kappa shape index (κ3) is 4.40. The molecule has 0 aromatic heterocycles. The Kier molecular flexibility index (Phi) is 6.31. The van der Waals surface area contributed by atoms with Crippen molar-refractivity contribution < 1.29 is 27.5 Å². The summed E-state index contributed by atoms with van der Waals surface area (Å²) < 4.78 is 34.4. The van der Waals surface area contributed by atoms with E-state index in [2.05, 4.69) is 5.32 Å². The zero-order chi connectivity index (χ0) is 21.9. The molecule has 1 saturated heterocycles. The molecule has 2 aromatic rings. The van der Waals surface area contributed by atoms with Crippen molar-refractivity contribution in [1.82, 2.24) is 0 Å². The Hall–Kier alpha value is -3.07. The minimum atomic E-state index is -3.30. The van der Waals surface area contributed by atoms with Crippen LogP contribution in [0.25, 0.3) is 0 Å². The van der Waals surface area contributed by atoms with Gasteiger partial charge in [-0.3, -0.25) is 9.59 Å². The minimum absolute atomic E-state index is 0.00641. The molecular formula is C21H24N2O6S. The van der Waals surface area contributed by atoms with Gasteiger partial charge in [0.15, 0.2) is 9.84 Å². The number of benzene rings is 2. The van der Waals surface area contributed by atoms with Crippen molar-refractivity contribution in [3.63, 3.8) is 0 Å². The minimum Gasteiger partial charge on any atom is -0.497 e. The second kappa shape index (κ2) is 8.74. The first-order valence-corrected chi connectivity index (χ1v) is 11.1. The molecule has 9 heteroatoms. The predicted molar refractivity (Wildman–Crippen MR) is 113 cm³/mol. The monoisotopic (exact) mass is 432 g/mol. The lowest BCUT2D eigenvalue weighted by Crippen LogP contribution is -2.28. The Morgan fingerprint density at radius 1 is 1.13 bits per heavy atom. The van der Waals surface area contributed by atoms with Crippen molar-refractivity contribution in [2.24, 2.45) is 5.92 Å². The van der Waals surface area contributed by atoms with Crippen LogP contribution in [-0.2, 0) is 19.4 Å². The predicted octanol–water partition coefficient (Wildman–Crippen LogP) is 2.49. The van der Waals surface area contributed by atoms with Gasteiger partial charge in [-0.2, -0.15) is 0 Å². The van der Waals surface area contributed by atoms with Gasteiger partial charge in [0.05, 0.1) is 36.5 Å². The van der Waals surface area contributed by atoms with E-state index >= 15 is 0 Å². The molecule has 160 valence electrons. The van der Waals surface area contributed by atoms with E-state index in [9.17, 15) is 18.0 Å². The average Bonchev–Trinajstić information content (AvgIpc) is 3.15. The summed E-state index contributed by atoms with van der Waals surface area (Å²) >= 11 is 0. The summed E-state index contributed by atoms with van der Waals surface area (Å²) in [5.74, 6) is 0.0517. The van der Waals surface area contributed by atoms with Gasteiger partial charge in [-0.1, -0.05) is 6.92 Å². The highest BCUT2D eigenvalue weighted by Gasteiger charge is 2.36. The van der Waals surface area contributed by atoms with Gasteiger partial charge in [-0.05, 0) is 36.4 Å². The van der Waals surface area contributed by atoms with Crippen LogP contribution in [0.1, 0.15) is 13.3 Å². The van der Waals surface area contributed by atoms with Gasteiger partial charge in [-0.25, -0.2) is 8.42 Å². The third-order valence-corrected chi connectivity index (χ3v) is 6.78. The summed E-state index contributed by atoms with van der Waals surface area (Å²) in [5, 5.41) is 2.76. The normalized spacial score (nSPS) is 16.4. The molecule has 2 amide bonds. The van der Waals surface area contributed by atoms with Crippen LogP contribution >= 0.6 is 0 Å². The summed E-state index contributed by atoms with van der Waals surface area (Å²) in [6.45, 7) is 1.78. The lowest BCUT2D eigenvalue weighted by molar-refractivity contribution is -0.122. The highest BCUT2D eigenvalue weighted by Crippen LogP contribution is 2.36. The fourth-order valence-corrected chi connectivity index (χ4v) is 4.16. The number of carbonyl (C=O) groups is 2. The number of carbonyl (C=O) groups excluding carboxylic acids is 2. The summed E-state index contributed by atoms with van der Waals surface area (Å²) in [4.78, 5) is 27.0. The Morgan fingerprint density at radius 3 is 2.43 bits per heavy atom. The topological polar surface area (TPSA) is 102 Å². The number of methoxy groups -OCH3 is 2. The molecule has 30 heavy (non-hydrogen) atoms. The smallest absolute Gasteiger partial charge is 0.229 e. The third-order valence-electron chi connectivity index (χ3n) is 5.03. The molecule has 1 unspecified atom stereocenters. The van der Waals surface area contributed by atoms with Crippen molar-refractivity contribution in [1.29, 1.82) is 0 Å². The number of hydrogen-bond donors (Lipinski definition) is 1. The average molecular weight is 432 g/mol. The van der Waals surface area contributed by atoms with Crippen molar-refractivity contribution in [3.05, 3.63) is 42.5 Å². The molecule has 1 N–H and O–H groups in total. The van der Waals surface area contributed by atoms with E-state index in [-0.39, 0.29) is 35.4 Å². The van der Waals surface area contributed by atoms with Crippen LogP contribution in [0.2, 0.25) is 0 Å². The molecule has 1 aliphatic rings. The lowest BCUT2D eigenvalue weighted by Gasteiger charge is -2.20. The molecule has 0 saturated carbocycles. The zero-order valence-corrected chi connectivity index (χ0v) is 17.9. The van der Waals surface area contributed by atoms with Crippen molar-refractivity contribution in [2.75, 3.05) is 36.7 Å². The molecular weight excluding hydrogens is 408 g/mol.